The zero-order valence-corrected chi connectivity index (χ0v) is 16.8. The molecule has 2 amide bonds. The maximum atomic E-state index is 12.3. The van der Waals surface area contributed by atoms with Crippen LogP contribution in [0.15, 0.2) is 36.4 Å². The fourth-order valence-electron chi connectivity index (χ4n) is 3.29. The van der Waals surface area contributed by atoms with E-state index in [4.69, 9.17) is 16.3 Å². The van der Waals surface area contributed by atoms with E-state index >= 15 is 0 Å². The number of ether oxygens (including phenoxy) is 1. The fourth-order valence-corrected chi connectivity index (χ4v) is 3.46. The largest absolute Gasteiger partial charge is 0.497 e. The Morgan fingerprint density at radius 2 is 2.04 bits per heavy atom. The topological polar surface area (TPSA) is 70.7 Å². The molecule has 0 bridgehead atoms. The van der Waals surface area contributed by atoms with Crippen LogP contribution in [0.3, 0.4) is 0 Å². The summed E-state index contributed by atoms with van der Waals surface area (Å²) in [5, 5.41) is 6.05. The quantitative estimate of drug-likeness (QED) is 0.780. The normalized spacial score (nSPS) is 12.9. The molecule has 0 aliphatic carbocycles. The second kappa shape index (κ2) is 8.97. The molecule has 0 fully saturated rings. The standard InChI is InChI=1S/C21H24ClN3O3/c1-14-17(22)6-3-7-18(14)24-20(26)12-23-21(27)13-25-10-4-5-15-11-16(28-2)8-9-19(15)25/h3,6-9,11H,4-5,10,12-13H2,1-2H3,(H,23,27)(H,24,26). The molecule has 28 heavy (non-hydrogen) atoms. The Morgan fingerprint density at radius 1 is 1.21 bits per heavy atom. The number of amides is 2. The van der Waals surface area contributed by atoms with Crippen LogP contribution in [0.2, 0.25) is 5.02 Å². The minimum absolute atomic E-state index is 0.0892. The predicted molar refractivity (Wildman–Crippen MR) is 111 cm³/mol. The molecule has 0 saturated heterocycles. The Hall–Kier alpha value is -2.73. The second-order valence-corrected chi connectivity index (χ2v) is 7.16. The van der Waals surface area contributed by atoms with Crippen LogP contribution in [0.4, 0.5) is 11.4 Å². The first-order chi connectivity index (χ1) is 13.5. The summed E-state index contributed by atoms with van der Waals surface area (Å²) in [6.45, 7) is 2.76. The Morgan fingerprint density at radius 3 is 2.82 bits per heavy atom. The summed E-state index contributed by atoms with van der Waals surface area (Å²) in [5.74, 6) is 0.335. The van der Waals surface area contributed by atoms with Crippen LogP contribution in [0.5, 0.6) is 5.75 Å². The lowest BCUT2D eigenvalue weighted by Gasteiger charge is -2.31. The van der Waals surface area contributed by atoms with Gasteiger partial charge in [0.05, 0.1) is 20.2 Å². The van der Waals surface area contributed by atoms with Gasteiger partial charge < -0.3 is 20.3 Å². The first-order valence-corrected chi connectivity index (χ1v) is 9.59. The van der Waals surface area contributed by atoms with E-state index in [0.29, 0.717) is 10.7 Å². The van der Waals surface area contributed by atoms with Gasteiger partial charge in [-0.15, -0.1) is 0 Å². The molecule has 7 heteroatoms. The number of nitrogens with one attached hydrogen (secondary N) is 2. The third-order valence-electron chi connectivity index (χ3n) is 4.82. The highest BCUT2D eigenvalue weighted by Gasteiger charge is 2.20. The van der Waals surface area contributed by atoms with Crippen molar-refractivity contribution < 1.29 is 14.3 Å². The number of benzene rings is 2. The molecule has 2 aromatic carbocycles. The molecule has 3 rings (SSSR count). The molecule has 6 nitrogen and oxygen atoms in total. The van der Waals surface area contributed by atoms with Gasteiger partial charge in [-0.2, -0.15) is 0 Å². The summed E-state index contributed by atoms with van der Waals surface area (Å²) >= 11 is 6.06. The van der Waals surface area contributed by atoms with E-state index in [2.05, 4.69) is 10.6 Å². The predicted octanol–water partition coefficient (Wildman–Crippen LogP) is 3.16. The van der Waals surface area contributed by atoms with Gasteiger partial charge in [-0.1, -0.05) is 17.7 Å². The van der Waals surface area contributed by atoms with E-state index < -0.39 is 0 Å². The highest BCUT2D eigenvalue weighted by atomic mass is 35.5. The van der Waals surface area contributed by atoms with Crippen molar-refractivity contribution in [3.05, 3.63) is 52.5 Å². The van der Waals surface area contributed by atoms with Crippen molar-refractivity contribution in [1.82, 2.24) is 5.32 Å². The molecule has 0 radical (unpaired) electrons. The van der Waals surface area contributed by atoms with Crippen molar-refractivity contribution in [2.75, 3.05) is 37.0 Å². The number of carbonyl (C=O) groups excluding carboxylic acids is 2. The van der Waals surface area contributed by atoms with Crippen molar-refractivity contribution in [2.45, 2.75) is 19.8 Å². The van der Waals surface area contributed by atoms with Gasteiger partial charge in [0.15, 0.2) is 0 Å². The lowest BCUT2D eigenvalue weighted by atomic mass is 10.0. The Kier molecular flexibility index (Phi) is 6.41. The number of hydrogen-bond donors (Lipinski definition) is 2. The van der Waals surface area contributed by atoms with E-state index in [-0.39, 0.29) is 24.9 Å². The van der Waals surface area contributed by atoms with Crippen LogP contribution in [0.1, 0.15) is 17.5 Å². The van der Waals surface area contributed by atoms with Crippen molar-refractivity contribution in [2.24, 2.45) is 0 Å². The van der Waals surface area contributed by atoms with Gasteiger partial charge >= 0.3 is 0 Å². The molecule has 1 heterocycles. The van der Waals surface area contributed by atoms with E-state index in [1.165, 1.54) is 5.56 Å². The van der Waals surface area contributed by atoms with Gasteiger partial charge in [-0.3, -0.25) is 9.59 Å². The molecule has 1 aliphatic heterocycles. The molecule has 0 saturated carbocycles. The zero-order chi connectivity index (χ0) is 20.1. The van der Waals surface area contributed by atoms with Gasteiger partial charge in [0.25, 0.3) is 0 Å². The molecule has 0 unspecified atom stereocenters. The molecule has 148 valence electrons. The third kappa shape index (κ3) is 4.75. The maximum absolute atomic E-state index is 12.3. The summed E-state index contributed by atoms with van der Waals surface area (Å²) in [7, 11) is 1.64. The van der Waals surface area contributed by atoms with Crippen LogP contribution in [-0.4, -0.2) is 38.6 Å². The Bertz CT molecular complexity index is 885. The average molecular weight is 402 g/mol. The van der Waals surface area contributed by atoms with E-state index in [1.54, 1.807) is 25.3 Å². The molecule has 2 aromatic rings. The van der Waals surface area contributed by atoms with Crippen LogP contribution >= 0.6 is 11.6 Å². The fraction of sp³-hybridized carbons (Fsp3) is 0.333. The highest BCUT2D eigenvalue weighted by Crippen LogP contribution is 2.30. The Labute approximate surface area is 169 Å². The number of anilines is 2. The summed E-state index contributed by atoms with van der Waals surface area (Å²) in [4.78, 5) is 26.5. The van der Waals surface area contributed by atoms with Gasteiger partial charge in [0, 0.05) is 22.9 Å². The zero-order valence-electron chi connectivity index (χ0n) is 16.0. The minimum atomic E-state index is -0.289. The van der Waals surface area contributed by atoms with Crippen LogP contribution in [0, 0.1) is 6.92 Å². The molecule has 0 atom stereocenters. The van der Waals surface area contributed by atoms with Gasteiger partial charge in [0.1, 0.15) is 5.75 Å². The molecule has 1 aliphatic rings. The number of halogens is 1. The van der Waals surface area contributed by atoms with Gasteiger partial charge in [0.2, 0.25) is 11.8 Å². The number of methoxy groups -OCH3 is 1. The first-order valence-electron chi connectivity index (χ1n) is 9.21. The number of hydrogen-bond acceptors (Lipinski definition) is 4. The molecular formula is C21H24ClN3O3. The Balaban J connectivity index is 1.54. The number of nitrogens with zero attached hydrogens (tertiary/aromatic N) is 1. The number of carbonyl (C=O) groups is 2. The smallest absolute Gasteiger partial charge is 0.243 e. The van der Waals surface area contributed by atoms with E-state index in [0.717, 1.165) is 36.4 Å². The summed E-state index contributed by atoms with van der Waals surface area (Å²) in [6.07, 6.45) is 1.94. The van der Waals surface area contributed by atoms with Crippen LogP contribution < -0.4 is 20.3 Å². The van der Waals surface area contributed by atoms with Crippen molar-refractivity contribution in [1.29, 1.82) is 0 Å². The summed E-state index contributed by atoms with van der Waals surface area (Å²) in [6, 6.07) is 11.2. The number of aryl methyl sites for hydroxylation is 1. The maximum Gasteiger partial charge on any atom is 0.243 e. The van der Waals surface area contributed by atoms with Crippen molar-refractivity contribution in [3.8, 4) is 5.75 Å². The molecule has 0 spiro atoms. The highest BCUT2D eigenvalue weighted by molar-refractivity contribution is 6.31. The average Bonchev–Trinajstić information content (AvgIpc) is 2.69. The van der Waals surface area contributed by atoms with E-state index in [9.17, 15) is 9.59 Å². The summed E-state index contributed by atoms with van der Waals surface area (Å²) < 4.78 is 5.28. The van der Waals surface area contributed by atoms with Crippen LogP contribution in [0.25, 0.3) is 0 Å². The first kappa shape index (κ1) is 20.0. The monoisotopic (exact) mass is 401 g/mol. The second-order valence-electron chi connectivity index (χ2n) is 6.76. The molecule has 2 N–H and O–H groups in total. The van der Waals surface area contributed by atoms with Crippen molar-refractivity contribution >= 4 is 34.8 Å². The summed E-state index contributed by atoms with van der Waals surface area (Å²) in [5.41, 5.74) is 3.66. The van der Waals surface area contributed by atoms with Crippen LogP contribution in [-0.2, 0) is 16.0 Å². The number of fused-ring (bicyclic) bond motifs is 1. The number of rotatable bonds is 6. The van der Waals surface area contributed by atoms with E-state index in [1.807, 2.05) is 30.0 Å². The third-order valence-corrected chi connectivity index (χ3v) is 5.23. The molecular weight excluding hydrogens is 378 g/mol. The lowest BCUT2D eigenvalue weighted by Crippen LogP contribution is -2.42. The SMILES string of the molecule is COc1ccc2c(c1)CCCN2CC(=O)NCC(=O)Nc1cccc(Cl)c1C. The lowest BCUT2D eigenvalue weighted by molar-refractivity contribution is -0.123. The van der Waals surface area contributed by atoms with Crippen molar-refractivity contribution in [3.63, 3.8) is 0 Å². The van der Waals surface area contributed by atoms with Gasteiger partial charge in [-0.25, -0.2) is 0 Å². The van der Waals surface area contributed by atoms with Gasteiger partial charge in [-0.05, 0) is 61.2 Å². The molecule has 0 aromatic heterocycles. The minimum Gasteiger partial charge on any atom is -0.497 e.